The van der Waals surface area contributed by atoms with Crippen LogP contribution in [0.2, 0.25) is 0 Å². The van der Waals surface area contributed by atoms with Gasteiger partial charge in [0.15, 0.2) is 0 Å². The molecule has 0 saturated carbocycles. The van der Waals surface area contributed by atoms with Crippen LogP contribution < -0.4 is 24.2 Å². The molecule has 0 aliphatic rings. The van der Waals surface area contributed by atoms with E-state index < -0.39 is 15.4 Å². The van der Waals surface area contributed by atoms with Crippen LogP contribution in [-0.4, -0.2) is 30.7 Å². The van der Waals surface area contributed by atoms with Crippen molar-refractivity contribution >= 4 is 16.0 Å². The van der Waals surface area contributed by atoms with Crippen LogP contribution >= 0.6 is 0 Å². The van der Waals surface area contributed by atoms with Crippen molar-refractivity contribution in [2.75, 3.05) is 6.54 Å². The first-order valence-corrected chi connectivity index (χ1v) is 4.50. The molecule has 0 aromatic rings. The molecule has 66 valence electrons. The van der Waals surface area contributed by atoms with Crippen molar-refractivity contribution in [3.05, 3.63) is 0 Å². The van der Waals surface area contributed by atoms with Crippen LogP contribution in [-0.2, 0) is 14.9 Å². The van der Waals surface area contributed by atoms with Crippen LogP contribution in [0.3, 0.4) is 0 Å². The first-order chi connectivity index (χ1) is 4.84. The molecule has 0 aliphatic carbocycles. The van der Waals surface area contributed by atoms with E-state index in [1.54, 1.807) is 0 Å². The van der Waals surface area contributed by atoms with E-state index in [0.29, 0.717) is 0 Å². The van der Waals surface area contributed by atoms with Gasteiger partial charge in [-0.3, -0.25) is 4.79 Å². The number of rotatable bonds is 3. The minimum Gasteiger partial charge on any atom is -0.748 e. The van der Waals surface area contributed by atoms with Crippen molar-refractivity contribution in [3.63, 3.8) is 0 Å². The molecule has 0 aliphatic heterocycles. The molecule has 0 aromatic heterocycles. The monoisotopic (exact) mass is 187 g/mol. The van der Waals surface area contributed by atoms with Gasteiger partial charge in [0, 0.05) is 13.5 Å². The normalized spacial score (nSPS) is 12.9. The third kappa shape index (κ3) is 6.67. The van der Waals surface area contributed by atoms with Gasteiger partial charge in [-0.1, -0.05) is 0 Å². The largest absolute Gasteiger partial charge is 1.00 e. The molecule has 1 unspecified atom stereocenters. The van der Waals surface area contributed by atoms with Gasteiger partial charge in [0.1, 0.15) is 0 Å². The second kappa shape index (κ2) is 5.59. The zero-order valence-electron chi connectivity index (χ0n) is 7.33. The van der Waals surface area contributed by atoms with E-state index >= 15 is 0 Å². The minimum absolute atomic E-state index is 0. The summed E-state index contributed by atoms with van der Waals surface area (Å²) in [6.45, 7) is 2.38. The summed E-state index contributed by atoms with van der Waals surface area (Å²) in [6.07, 6.45) is 0. The molecule has 0 radical (unpaired) electrons. The standard InChI is InChI=1S/C5H11NO4S.Li/c1-4(11(8,9)10)3-6-5(2)7;/h4H,3H2,1-2H3,(H,6,7)(H,8,9,10);/q;+1/p-1. The molecule has 0 heterocycles. The smallest absolute Gasteiger partial charge is 0.748 e. The molecule has 0 aromatic carbocycles. The quantitative estimate of drug-likeness (QED) is 0.361. The van der Waals surface area contributed by atoms with Gasteiger partial charge in [-0.05, 0) is 6.92 Å². The maximum absolute atomic E-state index is 10.3. The van der Waals surface area contributed by atoms with Crippen molar-refractivity contribution in [1.82, 2.24) is 5.32 Å². The Morgan fingerprint density at radius 1 is 1.58 bits per heavy atom. The first kappa shape index (κ1) is 14.5. The van der Waals surface area contributed by atoms with Gasteiger partial charge in [0.25, 0.3) is 0 Å². The number of carbonyl (C=O) groups is 1. The van der Waals surface area contributed by atoms with Crippen molar-refractivity contribution in [3.8, 4) is 0 Å². The van der Waals surface area contributed by atoms with E-state index in [9.17, 15) is 17.8 Å². The van der Waals surface area contributed by atoms with Gasteiger partial charge in [-0.25, -0.2) is 8.42 Å². The Hall–Kier alpha value is -0.0226. The first-order valence-electron chi connectivity index (χ1n) is 3.03. The summed E-state index contributed by atoms with van der Waals surface area (Å²) < 4.78 is 30.7. The Morgan fingerprint density at radius 2 is 2.00 bits per heavy atom. The van der Waals surface area contributed by atoms with Crippen LogP contribution in [0.5, 0.6) is 0 Å². The average Bonchev–Trinajstić information content (AvgIpc) is 1.80. The predicted octanol–water partition coefficient (Wildman–Crippen LogP) is -3.94. The van der Waals surface area contributed by atoms with Crippen molar-refractivity contribution in [2.24, 2.45) is 0 Å². The summed E-state index contributed by atoms with van der Waals surface area (Å²) in [7, 11) is -4.26. The topological polar surface area (TPSA) is 86.3 Å². The van der Waals surface area contributed by atoms with Crippen molar-refractivity contribution in [1.29, 1.82) is 0 Å². The fraction of sp³-hybridized carbons (Fsp3) is 0.800. The SMILES string of the molecule is CC(=O)NCC(C)S(=O)(=O)[O-].[Li+]. The molecule has 5 nitrogen and oxygen atoms in total. The van der Waals surface area contributed by atoms with Crippen LogP contribution in [0.4, 0.5) is 0 Å². The Labute approximate surface area is 83.8 Å². The molecular weight excluding hydrogens is 177 g/mol. The summed E-state index contributed by atoms with van der Waals surface area (Å²) in [5.41, 5.74) is 0. The van der Waals surface area contributed by atoms with Crippen LogP contribution in [0, 0.1) is 0 Å². The van der Waals surface area contributed by atoms with Crippen molar-refractivity contribution < 1.29 is 36.6 Å². The minimum atomic E-state index is -4.26. The fourth-order valence-electron chi connectivity index (χ4n) is 0.390. The number of hydrogen-bond acceptors (Lipinski definition) is 4. The fourth-order valence-corrected chi connectivity index (χ4v) is 0.677. The van der Waals surface area contributed by atoms with E-state index in [1.165, 1.54) is 13.8 Å². The van der Waals surface area contributed by atoms with Gasteiger partial charge < -0.3 is 9.87 Å². The average molecular weight is 187 g/mol. The Balaban J connectivity index is 0. The van der Waals surface area contributed by atoms with Gasteiger partial charge >= 0.3 is 18.9 Å². The molecule has 0 saturated heterocycles. The van der Waals surface area contributed by atoms with Gasteiger partial charge in [-0.15, -0.1) is 0 Å². The maximum atomic E-state index is 10.3. The summed E-state index contributed by atoms with van der Waals surface area (Å²) in [5.74, 6) is -0.347. The van der Waals surface area contributed by atoms with E-state index in [-0.39, 0.29) is 31.3 Å². The number of carbonyl (C=O) groups excluding carboxylic acids is 1. The molecule has 0 fully saturated rings. The Morgan fingerprint density at radius 3 is 2.25 bits per heavy atom. The predicted molar refractivity (Wildman–Crippen MR) is 37.8 cm³/mol. The zero-order chi connectivity index (χ0) is 9.07. The van der Waals surface area contributed by atoms with E-state index in [0.717, 1.165) is 0 Å². The van der Waals surface area contributed by atoms with Gasteiger partial charge in [-0.2, -0.15) is 0 Å². The number of hydrogen-bond donors (Lipinski definition) is 1. The van der Waals surface area contributed by atoms with E-state index in [1.807, 2.05) is 0 Å². The second-order valence-electron chi connectivity index (χ2n) is 2.24. The number of amides is 1. The van der Waals surface area contributed by atoms with E-state index in [2.05, 4.69) is 5.32 Å². The zero-order valence-corrected chi connectivity index (χ0v) is 8.14. The molecule has 1 amide bonds. The molecule has 0 spiro atoms. The van der Waals surface area contributed by atoms with Gasteiger partial charge in [0.2, 0.25) is 5.91 Å². The summed E-state index contributed by atoms with van der Waals surface area (Å²) in [5, 5.41) is 1.17. The molecular formula is C5H10LiNO4S. The summed E-state index contributed by atoms with van der Waals surface area (Å²) in [4.78, 5) is 10.3. The Bertz CT molecular complexity index is 238. The molecule has 12 heavy (non-hydrogen) atoms. The van der Waals surface area contributed by atoms with E-state index in [4.69, 9.17) is 0 Å². The molecule has 1 N–H and O–H groups in total. The number of nitrogens with one attached hydrogen (secondary N) is 1. The summed E-state index contributed by atoms with van der Waals surface area (Å²) in [6, 6.07) is 0. The molecule has 0 bridgehead atoms. The molecule has 0 rings (SSSR count). The van der Waals surface area contributed by atoms with Crippen LogP contribution in [0.1, 0.15) is 13.8 Å². The maximum Gasteiger partial charge on any atom is 1.00 e. The molecule has 7 heteroatoms. The van der Waals surface area contributed by atoms with Crippen LogP contribution in [0.15, 0.2) is 0 Å². The molecule has 1 atom stereocenters. The third-order valence-corrected chi connectivity index (χ3v) is 2.28. The van der Waals surface area contributed by atoms with Crippen molar-refractivity contribution in [2.45, 2.75) is 19.1 Å². The second-order valence-corrected chi connectivity index (χ2v) is 4.03. The van der Waals surface area contributed by atoms with Gasteiger partial charge in [0.05, 0.1) is 15.4 Å². The van der Waals surface area contributed by atoms with Crippen LogP contribution in [0.25, 0.3) is 0 Å². The summed E-state index contributed by atoms with van der Waals surface area (Å²) >= 11 is 0. The third-order valence-electron chi connectivity index (χ3n) is 1.13. The Kier molecular flexibility index (Phi) is 6.76.